The topological polar surface area (TPSA) is 120 Å². The van der Waals surface area contributed by atoms with Crippen molar-refractivity contribution in [2.24, 2.45) is 0 Å². The predicted molar refractivity (Wildman–Crippen MR) is 184 cm³/mol. The number of Topliss-reactive ketones (excluding diaryl/α,β-unsaturated/α-hetero) is 1. The number of amides is 1. The van der Waals surface area contributed by atoms with Gasteiger partial charge in [0.15, 0.2) is 15.5 Å². The molecule has 5 rings (SSSR count). The van der Waals surface area contributed by atoms with E-state index in [9.17, 15) is 22.4 Å². The van der Waals surface area contributed by atoms with Gasteiger partial charge in [-0.2, -0.15) is 4.98 Å². The molecule has 13 heteroatoms. The number of rotatable bonds is 12. The summed E-state index contributed by atoms with van der Waals surface area (Å²) in [6.45, 7) is 3.97. The summed E-state index contributed by atoms with van der Waals surface area (Å²) in [6, 6.07) is 21.4. The van der Waals surface area contributed by atoms with Gasteiger partial charge in [-0.25, -0.2) is 27.0 Å². The van der Waals surface area contributed by atoms with Crippen molar-refractivity contribution in [3.05, 3.63) is 102 Å². The summed E-state index contributed by atoms with van der Waals surface area (Å²) in [6.07, 6.45) is 3.84. The number of nitrogens with zero attached hydrogens (tertiary/aromatic N) is 4. The Hall–Kier alpha value is -4.81. The zero-order valence-electron chi connectivity index (χ0n) is 26.9. The number of halogens is 2. The zero-order valence-corrected chi connectivity index (χ0v) is 28.6. The molecule has 10 nitrogen and oxygen atoms in total. The molecule has 0 unspecified atom stereocenters. The molecule has 3 aromatic carbocycles. The number of sulfone groups is 1. The molecule has 5 aromatic rings. The first-order valence-corrected chi connectivity index (χ1v) is 17.0. The number of methoxy groups -OCH3 is 1. The Bertz CT molecular complexity index is 2020. The van der Waals surface area contributed by atoms with E-state index in [1.165, 1.54) is 42.0 Å². The number of benzene rings is 3. The van der Waals surface area contributed by atoms with Crippen LogP contribution >= 0.6 is 12.4 Å². The van der Waals surface area contributed by atoms with Crippen LogP contribution in [-0.4, -0.2) is 54.9 Å². The maximum atomic E-state index is 13.4. The Balaban J connectivity index is 0.00000520. The minimum atomic E-state index is -3.54. The number of ether oxygens (including phenoxy) is 2. The monoisotopic (exact) mass is 694 g/mol. The lowest BCUT2D eigenvalue weighted by atomic mass is 9.92. The largest absolute Gasteiger partial charge is 0.495 e. The van der Waals surface area contributed by atoms with Gasteiger partial charge in [-0.1, -0.05) is 56.7 Å². The average molecular weight is 695 g/mol. The van der Waals surface area contributed by atoms with Gasteiger partial charge >= 0.3 is 6.09 Å². The smallest absolute Gasteiger partial charge is 0.421 e. The molecule has 0 fully saturated rings. The van der Waals surface area contributed by atoms with Gasteiger partial charge in [0, 0.05) is 36.4 Å². The SMILES string of the molecule is CCCCOC(=O)N(c1nc2ccc(-c3ccc(CC(=O)[C@H](C)c4ccc(F)cc4)cc3)cn2n1)c1ccc(S(C)(=O)=O)cc1OC.Cl. The Labute approximate surface area is 284 Å². The van der Waals surface area contributed by atoms with Gasteiger partial charge in [-0.05, 0) is 59.5 Å². The highest BCUT2D eigenvalue weighted by molar-refractivity contribution is 7.90. The van der Waals surface area contributed by atoms with Gasteiger partial charge in [0.25, 0.3) is 5.95 Å². The molecule has 1 atom stereocenters. The molecule has 48 heavy (non-hydrogen) atoms. The summed E-state index contributed by atoms with van der Waals surface area (Å²) in [5, 5.41) is 4.57. The number of carbonyl (C=O) groups is 2. The first-order valence-electron chi connectivity index (χ1n) is 15.1. The predicted octanol–water partition coefficient (Wildman–Crippen LogP) is 7.36. The molecule has 0 radical (unpaired) electrons. The van der Waals surface area contributed by atoms with E-state index >= 15 is 0 Å². The molecule has 0 aliphatic heterocycles. The van der Waals surface area contributed by atoms with Crippen molar-refractivity contribution in [2.75, 3.05) is 24.9 Å². The molecule has 252 valence electrons. The molecular formula is C35H36ClFN4O6S. The minimum Gasteiger partial charge on any atom is -0.495 e. The first-order chi connectivity index (χ1) is 22.5. The molecule has 1 amide bonds. The molecule has 0 saturated carbocycles. The average Bonchev–Trinajstić information content (AvgIpc) is 3.48. The van der Waals surface area contributed by atoms with Crippen molar-refractivity contribution in [1.29, 1.82) is 0 Å². The summed E-state index contributed by atoms with van der Waals surface area (Å²) in [5.74, 6) is -0.529. The van der Waals surface area contributed by atoms with Crippen LogP contribution < -0.4 is 9.64 Å². The maximum Gasteiger partial charge on any atom is 0.421 e. The Kier molecular flexibility index (Phi) is 11.6. The molecule has 2 heterocycles. The third-order valence-electron chi connectivity index (χ3n) is 7.76. The van der Waals surface area contributed by atoms with Crippen LogP contribution in [0, 0.1) is 5.82 Å². The zero-order chi connectivity index (χ0) is 33.7. The van der Waals surface area contributed by atoms with Crippen molar-refractivity contribution < 1.29 is 31.9 Å². The lowest BCUT2D eigenvalue weighted by Gasteiger charge is -2.21. The second-order valence-corrected chi connectivity index (χ2v) is 13.2. The summed E-state index contributed by atoms with van der Waals surface area (Å²) >= 11 is 0. The minimum absolute atomic E-state index is 0. The van der Waals surface area contributed by atoms with Crippen molar-refractivity contribution >= 4 is 51.4 Å². The van der Waals surface area contributed by atoms with Crippen molar-refractivity contribution in [3.8, 4) is 16.9 Å². The fourth-order valence-electron chi connectivity index (χ4n) is 4.97. The van der Waals surface area contributed by atoms with E-state index in [1.54, 1.807) is 24.4 Å². The number of anilines is 2. The summed E-state index contributed by atoms with van der Waals surface area (Å²) in [4.78, 5) is 32.0. The molecule has 0 N–H and O–H groups in total. The normalized spacial score (nSPS) is 11.9. The van der Waals surface area contributed by atoms with Gasteiger partial charge in [0.1, 0.15) is 17.3 Å². The lowest BCUT2D eigenvalue weighted by Crippen LogP contribution is -2.28. The second kappa shape index (κ2) is 15.4. The number of pyridine rings is 1. The molecule has 2 aromatic heterocycles. The quantitative estimate of drug-likeness (QED) is 0.124. The van der Waals surface area contributed by atoms with E-state index in [4.69, 9.17) is 9.47 Å². The van der Waals surface area contributed by atoms with Gasteiger partial charge in [0.2, 0.25) is 0 Å². The Morgan fingerprint density at radius 1 is 0.979 bits per heavy atom. The van der Waals surface area contributed by atoms with E-state index in [2.05, 4.69) is 10.1 Å². The van der Waals surface area contributed by atoms with Gasteiger partial charge in [-0.3, -0.25) is 4.79 Å². The highest BCUT2D eigenvalue weighted by atomic mass is 35.5. The van der Waals surface area contributed by atoms with Crippen LogP contribution in [0.15, 0.2) is 90.0 Å². The van der Waals surface area contributed by atoms with E-state index in [1.807, 2.05) is 44.2 Å². The van der Waals surface area contributed by atoms with Crippen LogP contribution in [0.5, 0.6) is 5.75 Å². The third kappa shape index (κ3) is 8.18. The van der Waals surface area contributed by atoms with E-state index in [-0.39, 0.29) is 65.2 Å². The molecule has 0 spiro atoms. The lowest BCUT2D eigenvalue weighted by molar-refractivity contribution is -0.119. The first kappa shape index (κ1) is 36.0. The second-order valence-electron chi connectivity index (χ2n) is 11.2. The number of ketones is 1. The van der Waals surface area contributed by atoms with E-state index in [0.717, 1.165) is 39.8 Å². The highest BCUT2D eigenvalue weighted by Gasteiger charge is 2.28. The maximum absolute atomic E-state index is 13.4. The van der Waals surface area contributed by atoms with E-state index in [0.29, 0.717) is 12.1 Å². The molecule has 0 aliphatic rings. The van der Waals surface area contributed by atoms with E-state index < -0.39 is 15.9 Å². The van der Waals surface area contributed by atoms with Crippen LogP contribution in [0.25, 0.3) is 16.8 Å². The standard InChI is InChI=1S/C35H35FN4O6S.ClH/c1-5-6-19-46-35(42)40(30-17-16-29(47(4,43)44)21-32(30)45-3)34-37-33-18-13-27(22-39(33)38-34)26-9-7-24(8-10-26)20-31(41)23(2)25-11-14-28(36)15-12-25;/h7-18,21-23H,5-6,19-20H2,1-4H3;1H/t23-;/m1./s1. The molecule has 0 aliphatic carbocycles. The number of fused-ring (bicyclic) bond motifs is 1. The van der Waals surface area contributed by atoms with Crippen molar-refractivity contribution in [1.82, 2.24) is 14.6 Å². The fraction of sp³-hybridized carbons (Fsp3) is 0.257. The molecule has 0 bridgehead atoms. The van der Waals surface area contributed by atoms with Crippen LogP contribution in [0.3, 0.4) is 0 Å². The number of carbonyl (C=O) groups excluding carboxylic acids is 2. The number of hydrogen-bond donors (Lipinski definition) is 0. The fourth-order valence-corrected chi connectivity index (χ4v) is 5.61. The van der Waals surface area contributed by atoms with Crippen LogP contribution in [-0.2, 0) is 25.8 Å². The van der Waals surface area contributed by atoms with Crippen LogP contribution in [0.2, 0.25) is 0 Å². The van der Waals surface area contributed by atoms with Gasteiger partial charge < -0.3 is 9.47 Å². The van der Waals surface area contributed by atoms with Gasteiger partial charge in [0.05, 0.1) is 24.3 Å². The number of hydrogen-bond acceptors (Lipinski definition) is 8. The van der Waals surface area contributed by atoms with Crippen LogP contribution in [0.4, 0.5) is 20.8 Å². The Morgan fingerprint density at radius 2 is 1.67 bits per heavy atom. The van der Waals surface area contributed by atoms with Crippen molar-refractivity contribution in [2.45, 2.75) is 43.9 Å². The number of unbranched alkanes of at least 4 members (excludes halogenated alkanes) is 1. The van der Waals surface area contributed by atoms with Crippen LogP contribution in [0.1, 0.15) is 43.7 Å². The summed E-state index contributed by atoms with van der Waals surface area (Å²) < 4.78 is 50.1. The van der Waals surface area contributed by atoms with Crippen molar-refractivity contribution in [3.63, 3.8) is 0 Å². The molecular weight excluding hydrogens is 659 g/mol. The summed E-state index contributed by atoms with van der Waals surface area (Å²) in [7, 11) is -2.16. The van der Waals surface area contributed by atoms with Gasteiger partial charge in [-0.15, -0.1) is 17.5 Å². The third-order valence-corrected chi connectivity index (χ3v) is 8.87. The molecule has 0 saturated heterocycles. The number of aromatic nitrogens is 3. The highest BCUT2D eigenvalue weighted by Crippen LogP contribution is 2.35. The summed E-state index contributed by atoms with van der Waals surface area (Å²) in [5.41, 5.74) is 3.99. The Morgan fingerprint density at radius 3 is 2.31 bits per heavy atom.